The van der Waals surface area contributed by atoms with Gasteiger partial charge in [-0.2, -0.15) is 0 Å². The van der Waals surface area contributed by atoms with E-state index in [-0.39, 0.29) is 10.8 Å². The van der Waals surface area contributed by atoms with Gasteiger partial charge in [0.25, 0.3) is 5.69 Å². The third-order valence-corrected chi connectivity index (χ3v) is 3.38. The van der Waals surface area contributed by atoms with Crippen LogP contribution in [0.4, 0.5) is 5.69 Å². The highest BCUT2D eigenvalue weighted by Gasteiger charge is 2.12. The van der Waals surface area contributed by atoms with Gasteiger partial charge in [-0.25, -0.2) is 4.98 Å². The van der Waals surface area contributed by atoms with Crippen molar-refractivity contribution in [3.8, 4) is 11.4 Å². The van der Waals surface area contributed by atoms with E-state index in [0.29, 0.717) is 12.4 Å². The number of nitrogens with zero attached hydrogens (tertiary/aromatic N) is 3. The van der Waals surface area contributed by atoms with E-state index in [4.69, 9.17) is 11.6 Å². The molecule has 3 rings (SSSR count). The highest BCUT2D eigenvalue weighted by Crippen LogP contribution is 2.24. The summed E-state index contributed by atoms with van der Waals surface area (Å²) in [6, 6.07) is 16.1. The number of nitro benzene ring substituents is 1. The molecule has 0 bridgehead atoms. The van der Waals surface area contributed by atoms with E-state index in [1.807, 2.05) is 30.3 Å². The third-order valence-electron chi connectivity index (χ3n) is 3.21. The Labute approximate surface area is 132 Å². The predicted octanol–water partition coefficient (Wildman–Crippen LogP) is 3.96. The van der Waals surface area contributed by atoms with Crippen LogP contribution in [0.2, 0.25) is 5.15 Å². The fraction of sp³-hybridized carbons (Fsp3) is 0.0625. The molecule has 1 radical (unpaired) electrons. The van der Waals surface area contributed by atoms with Crippen molar-refractivity contribution < 1.29 is 4.92 Å². The van der Waals surface area contributed by atoms with Crippen molar-refractivity contribution >= 4 is 17.3 Å². The molecular weight excluding hydrogens is 302 g/mol. The molecule has 0 spiro atoms. The largest absolute Gasteiger partial charge is 0.317 e. The highest BCUT2D eigenvalue weighted by atomic mass is 35.5. The molecule has 109 valence electrons. The monoisotopic (exact) mass is 312 g/mol. The molecule has 1 heterocycles. The molecule has 0 unspecified atom stereocenters. The van der Waals surface area contributed by atoms with Gasteiger partial charge in [-0.05, 0) is 17.7 Å². The van der Waals surface area contributed by atoms with Crippen LogP contribution in [0, 0.1) is 16.3 Å². The lowest BCUT2D eigenvalue weighted by Gasteiger charge is -2.07. The van der Waals surface area contributed by atoms with Crippen molar-refractivity contribution in [1.82, 2.24) is 9.55 Å². The molecule has 6 heteroatoms. The molecule has 0 atom stereocenters. The van der Waals surface area contributed by atoms with Crippen LogP contribution in [-0.4, -0.2) is 14.5 Å². The molecule has 0 saturated carbocycles. The van der Waals surface area contributed by atoms with E-state index >= 15 is 0 Å². The minimum absolute atomic E-state index is 0.0417. The lowest BCUT2D eigenvalue weighted by atomic mass is 10.2. The third kappa shape index (κ3) is 2.99. The number of aromatic nitrogens is 2. The average molecular weight is 313 g/mol. The van der Waals surface area contributed by atoms with Crippen LogP contribution in [0.1, 0.15) is 5.56 Å². The van der Waals surface area contributed by atoms with Crippen molar-refractivity contribution in [1.29, 1.82) is 0 Å². The molecule has 0 N–H and O–H groups in total. The maximum Gasteiger partial charge on any atom is 0.269 e. The molecular formula is C16H11ClN3O2. The Morgan fingerprint density at radius 1 is 1.14 bits per heavy atom. The minimum atomic E-state index is -0.431. The van der Waals surface area contributed by atoms with Crippen LogP contribution in [0.3, 0.4) is 0 Å². The smallest absolute Gasteiger partial charge is 0.269 e. The van der Waals surface area contributed by atoms with E-state index < -0.39 is 4.92 Å². The molecule has 0 fully saturated rings. The summed E-state index contributed by atoms with van der Waals surface area (Å²) >= 11 is 5.97. The molecule has 22 heavy (non-hydrogen) atoms. The predicted molar refractivity (Wildman–Crippen MR) is 83.7 cm³/mol. The van der Waals surface area contributed by atoms with Gasteiger partial charge in [-0.1, -0.05) is 41.9 Å². The number of nitro groups is 1. The van der Waals surface area contributed by atoms with Crippen LogP contribution in [0.25, 0.3) is 11.4 Å². The Morgan fingerprint density at radius 2 is 1.82 bits per heavy atom. The number of halogens is 1. The minimum Gasteiger partial charge on any atom is -0.317 e. The summed E-state index contributed by atoms with van der Waals surface area (Å²) in [5.74, 6) is 0.628. The zero-order chi connectivity index (χ0) is 15.5. The Balaban J connectivity index is 1.95. The van der Waals surface area contributed by atoms with E-state index in [0.717, 1.165) is 11.1 Å². The van der Waals surface area contributed by atoms with Crippen molar-refractivity contribution in [2.45, 2.75) is 6.54 Å². The zero-order valence-corrected chi connectivity index (χ0v) is 12.2. The molecule has 0 amide bonds. The number of imidazole rings is 1. The topological polar surface area (TPSA) is 61.0 Å². The lowest BCUT2D eigenvalue weighted by Crippen LogP contribution is -2.01. The Kier molecular flexibility index (Phi) is 3.89. The fourth-order valence-corrected chi connectivity index (χ4v) is 2.36. The Hall–Kier alpha value is -2.66. The Morgan fingerprint density at radius 3 is 2.45 bits per heavy atom. The first-order valence-corrected chi connectivity index (χ1v) is 6.95. The van der Waals surface area contributed by atoms with Crippen molar-refractivity contribution in [2.24, 2.45) is 0 Å². The van der Waals surface area contributed by atoms with Crippen molar-refractivity contribution in [2.75, 3.05) is 0 Å². The molecule has 3 aromatic rings. The molecule has 2 aromatic carbocycles. The molecule has 0 saturated heterocycles. The second-order valence-corrected chi connectivity index (χ2v) is 5.07. The van der Waals surface area contributed by atoms with Gasteiger partial charge in [0.15, 0.2) is 5.15 Å². The summed E-state index contributed by atoms with van der Waals surface area (Å²) in [5, 5.41) is 11.0. The maximum atomic E-state index is 10.7. The van der Waals surface area contributed by atoms with Gasteiger partial charge in [0.2, 0.25) is 0 Å². The number of non-ortho nitro benzene ring substituents is 1. The maximum absolute atomic E-state index is 10.7. The van der Waals surface area contributed by atoms with Gasteiger partial charge in [-0.3, -0.25) is 10.1 Å². The van der Waals surface area contributed by atoms with Crippen LogP contribution in [-0.2, 0) is 6.54 Å². The summed E-state index contributed by atoms with van der Waals surface area (Å²) in [6.45, 7) is 0.576. The normalized spacial score (nSPS) is 10.6. The van der Waals surface area contributed by atoms with Crippen LogP contribution in [0.15, 0.2) is 54.6 Å². The molecule has 5 nitrogen and oxygen atoms in total. The number of hydrogen-bond acceptors (Lipinski definition) is 3. The summed E-state index contributed by atoms with van der Waals surface area (Å²) in [7, 11) is 0. The van der Waals surface area contributed by atoms with E-state index in [1.54, 1.807) is 16.7 Å². The average Bonchev–Trinajstić information content (AvgIpc) is 2.89. The second-order valence-electron chi connectivity index (χ2n) is 4.71. The number of benzene rings is 2. The molecule has 1 aromatic heterocycles. The van der Waals surface area contributed by atoms with E-state index in [9.17, 15) is 10.1 Å². The highest BCUT2D eigenvalue weighted by molar-refractivity contribution is 6.29. The molecule has 0 aliphatic rings. The van der Waals surface area contributed by atoms with Crippen molar-refractivity contribution in [3.05, 3.63) is 81.6 Å². The summed E-state index contributed by atoms with van der Waals surface area (Å²) in [5.41, 5.74) is 1.89. The summed E-state index contributed by atoms with van der Waals surface area (Å²) < 4.78 is 1.80. The van der Waals surface area contributed by atoms with Crippen LogP contribution >= 0.6 is 11.6 Å². The summed E-state index contributed by atoms with van der Waals surface area (Å²) in [6.07, 6.45) is 2.97. The van der Waals surface area contributed by atoms with Crippen LogP contribution in [0.5, 0.6) is 0 Å². The van der Waals surface area contributed by atoms with Crippen molar-refractivity contribution in [3.63, 3.8) is 0 Å². The van der Waals surface area contributed by atoms with Gasteiger partial charge in [0.05, 0.1) is 4.92 Å². The first-order chi connectivity index (χ1) is 10.6. The van der Waals surface area contributed by atoms with E-state index in [1.165, 1.54) is 12.1 Å². The van der Waals surface area contributed by atoms with Gasteiger partial charge in [0.1, 0.15) is 12.0 Å². The molecule has 0 aliphatic heterocycles. The standard InChI is InChI=1S/C16H11ClN3O2/c17-15-11-19(10-12-4-2-1-3-5-12)16(18-15)13-6-8-14(9-7-13)20(21)22/h1-9H,10H2. The first kappa shape index (κ1) is 14.3. The molecule has 0 aliphatic carbocycles. The Bertz CT molecular complexity index is 798. The fourth-order valence-electron chi connectivity index (χ4n) is 2.18. The lowest BCUT2D eigenvalue weighted by molar-refractivity contribution is -0.384. The van der Waals surface area contributed by atoms with Gasteiger partial charge in [0, 0.05) is 24.2 Å². The van der Waals surface area contributed by atoms with Gasteiger partial charge < -0.3 is 4.57 Å². The number of hydrogen-bond donors (Lipinski definition) is 0. The van der Waals surface area contributed by atoms with Crippen LogP contribution < -0.4 is 0 Å². The summed E-state index contributed by atoms with van der Waals surface area (Å²) in [4.78, 5) is 14.5. The van der Waals surface area contributed by atoms with Gasteiger partial charge >= 0.3 is 0 Å². The number of rotatable bonds is 4. The quantitative estimate of drug-likeness (QED) is 0.541. The zero-order valence-electron chi connectivity index (χ0n) is 11.4. The SMILES string of the molecule is O=[N+]([O-])c1ccc(-c2nc(Cl)[c]n2Cc2ccccc2)cc1. The van der Waals surface area contributed by atoms with E-state index in [2.05, 4.69) is 11.2 Å². The first-order valence-electron chi connectivity index (χ1n) is 6.57. The second kappa shape index (κ2) is 5.99. The van der Waals surface area contributed by atoms with Gasteiger partial charge in [-0.15, -0.1) is 0 Å².